The monoisotopic (exact) mass is 474 g/mol. The van der Waals surface area contributed by atoms with E-state index in [0.717, 1.165) is 23.1 Å². The van der Waals surface area contributed by atoms with E-state index in [9.17, 15) is 4.79 Å². The first-order valence-corrected chi connectivity index (χ1v) is 12.3. The van der Waals surface area contributed by atoms with Crippen molar-refractivity contribution < 1.29 is 4.79 Å². The van der Waals surface area contributed by atoms with Crippen molar-refractivity contribution >= 4 is 39.0 Å². The molecule has 1 amide bonds. The first-order chi connectivity index (χ1) is 16.4. The minimum atomic E-state index is -0.472. The minimum absolute atomic E-state index is 0.0295. The highest BCUT2D eigenvalue weighted by Crippen LogP contribution is 2.36. The molecule has 0 fully saturated rings. The van der Waals surface area contributed by atoms with Crippen LogP contribution >= 0.6 is 11.3 Å². The average Bonchev–Trinajstić information content (AvgIpc) is 3.26. The van der Waals surface area contributed by atoms with Gasteiger partial charge in [-0.05, 0) is 30.5 Å². The number of nitrogens with zero attached hydrogens (tertiary/aromatic N) is 3. The first-order valence-electron chi connectivity index (χ1n) is 11.4. The molecule has 0 spiro atoms. The van der Waals surface area contributed by atoms with Crippen LogP contribution in [0.5, 0.6) is 0 Å². The van der Waals surface area contributed by atoms with Crippen molar-refractivity contribution in [3.63, 3.8) is 0 Å². The third-order valence-electron chi connectivity index (χ3n) is 5.97. The molecule has 4 N–H and O–H groups in total. The largest absolute Gasteiger partial charge is 0.367 e. The molecule has 0 aliphatic rings. The number of hydrogen-bond acceptors (Lipinski definition) is 7. The van der Waals surface area contributed by atoms with Gasteiger partial charge in [-0.25, -0.2) is 9.97 Å². The van der Waals surface area contributed by atoms with Crippen molar-refractivity contribution in [3.05, 3.63) is 65.8 Å². The molecule has 34 heavy (non-hydrogen) atoms. The van der Waals surface area contributed by atoms with Gasteiger partial charge >= 0.3 is 0 Å². The smallest absolute Gasteiger partial charge is 0.230 e. The zero-order chi connectivity index (χ0) is 24.1. The molecule has 4 aromatic rings. The van der Waals surface area contributed by atoms with E-state index in [-0.39, 0.29) is 11.9 Å². The molecule has 0 aliphatic carbocycles. The number of nitrogens with two attached hydrogens (primary N) is 1. The van der Waals surface area contributed by atoms with E-state index >= 15 is 0 Å². The Bertz CT molecular complexity index is 1260. The summed E-state index contributed by atoms with van der Waals surface area (Å²) in [4.78, 5) is 26.5. The molecule has 1 atom stereocenters. The zero-order valence-electron chi connectivity index (χ0n) is 19.7. The summed E-state index contributed by atoms with van der Waals surface area (Å²) in [5.74, 6) is 1.25. The van der Waals surface area contributed by atoms with Gasteiger partial charge in [0.15, 0.2) is 5.82 Å². The summed E-state index contributed by atoms with van der Waals surface area (Å²) in [6.45, 7) is 6.44. The summed E-state index contributed by atoms with van der Waals surface area (Å²) in [6, 6.07) is 13.9. The lowest BCUT2D eigenvalue weighted by molar-refractivity contribution is -0.124. The van der Waals surface area contributed by atoms with Crippen LogP contribution in [-0.4, -0.2) is 33.4 Å². The lowest BCUT2D eigenvalue weighted by Crippen LogP contribution is -2.31. The minimum Gasteiger partial charge on any atom is -0.367 e. The Labute approximate surface area is 203 Å². The molecule has 0 unspecified atom stereocenters. The molecule has 0 saturated heterocycles. The first kappa shape index (κ1) is 23.8. The van der Waals surface area contributed by atoms with Gasteiger partial charge in [-0.2, -0.15) is 0 Å². The van der Waals surface area contributed by atoms with Gasteiger partial charge in [0.25, 0.3) is 0 Å². The summed E-state index contributed by atoms with van der Waals surface area (Å²) in [5, 5.41) is 8.43. The SMILES string of the molecule is CCC(C)(C)C(=O)Nc1csc2c(NC[C@@H](N)Cc3ccccc3)nc(-c3ccncc3)nc12. The number of nitrogens with one attached hydrogen (secondary N) is 2. The highest BCUT2D eigenvalue weighted by atomic mass is 32.1. The van der Waals surface area contributed by atoms with Crippen LogP contribution in [-0.2, 0) is 11.2 Å². The van der Waals surface area contributed by atoms with E-state index in [2.05, 4.69) is 27.8 Å². The number of hydrogen-bond donors (Lipinski definition) is 3. The van der Waals surface area contributed by atoms with Crippen molar-refractivity contribution in [2.45, 2.75) is 39.7 Å². The van der Waals surface area contributed by atoms with Gasteiger partial charge in [0, 0.05) is 41.3 Å². The Morgan fingerprint density at radius 3 is 2.56 bits per heavy atom. The molecule has 0 bridgehead atoms. The number of amides is 1. The summed E-state index contributed by atoms with van der Waals surface area (Å²) < 4.78 is 0.884. The van der Waals surface area contributed by atoms with Gasteiger partial charge in [0.2, 0.25) is 5.91 Å². The molecule has 1 aromatic carbocycles. The zero-order valence-corrected chi connectivity index (χ0v) is 20.5. The molecular weight excluding hydrogens is 444 g/mol. The van der Waals surface area contributed by atoms with E-state index in [1.54, 1.807) is 12.4 Å². The number of carbonyl (C=O) groups is 1. The predicted molar refractivity (Wildman–Crippen MR) is 140 cm³/mol. The second kappa shape index (κ2) is 10.3. The lowest BCUT2D eigenvalue weighted by Gasteiger charge is -2.21. The van der Waals surface area contributed by atoms with Crippen LogP contribution in [0.15, 0.2) is 60.2 Å². The van der Waals surface area contributed by atoms with Gasteiger partial charge < -0.3 is 16.4 Å². The van der Waals surface area contributed by atoms with Crippen LogP contribution in [0.2, 0.25) is 0 Å². The van der Waals surface area contributed by atoms with Gasteiger partial charge in [-0.15, -0.1) is 11.3 Å². The fraction of sp³-hybridized carbons (Fsp3) is 0.308. The van der Waals surface area contributed by atoms with Crippen molar-refractivity contribution in [1.29, 1.82) is 0 Å². The summed E-state index contributed by atoms with van der Waals surface area (Å²) in [6.07, 6.45) is 4.93. The second-order valence-corrected chi connectivity index (χ2v) is 9.86. The molecule has 8 heteroatoms. The predicted octanol–water partition coefficient (Wildman–Crippen LogP) is 5.11. The number of rotatable bonds is 9. The Balaban J connectivity index is 1.64. The summed E-state index contributed by atoms with van der Waals surface area (Å²) in [5.41, 5.74) is 9.40. The maximum atomic E-state index is 12.8. The van der Waals surface area contributed by atoms with Crippen molar-refractivity contribution in [2.24, 2.45) is 11.1 Å². The van der Waals surface area contributed by atoms with Crippen molar-refractivity contribution in [2.75, 3.05) is 17.2 Å². The molecular formula is C26H30N6OS. The molecule has 0 radical (unpaired) electrons. The highest BCUT2D eigenvalue weighted by Gasteiger charge is 2.26. The van der Waals surface area contributed by atoms with E-state index in [0.29, 0.717) is 29.4 Å². The number of fused-ring (bicyclic) bond motifs is 1. The van der Waals surface area contributed by atoms with Gasteiger partial charge in [-0.1, -0.05) is 51.1 Å². The van der Waals surface area contributed by atoms with E-state index in [1.807, 2.05) is 56.5 Å². The van der Waals surface area contributed by atoms with Gasteiger partial charge in [0.05, 0.1) is 10.4 Å². The number of benzene rings is 1. The Hall–Kier alpha value is -3.36. The molecule has 3 heterocycles. The fourth-order valence-corrected chi connectivity index (χ4v) is 4.33. The third kappa shape index (κ3) is 5.40. The molecule has 7 nitrogen and oxygen atoms in total. The molecule has 0 saturated carbocycles. The standard InChI is InChI=1S/C26H30N6OS/c1-4-26(2,3)25(33)30-20-16-34-22-21(20)31-23(18-10-12-28-13-11-18)32-24(22)29-15-19(27)14-17-8-6-5-7-9-17/h5-13,16,19H,4,14-15,27H2,1-3H3,(H,30,33)(H,29,31,32)/t19-/m0/s1. The van der Waals surface area contributed by atoms with Crippen molar-refractivity contribution in [3.8, 4) is 11.4 Å². The average molecular weight is 475 g/mol. The van der Waals surface area contributed by atoms with E-state index < -0.39 is 5.41 Å². The van der Waals surface area contributed by atoms with Crippen LogP contribution < -0.4 is 16.4 Å². The van der Waals surface area contributed by atoms with Crippen LogP contribution in [0.3, 0.4) is 0 Å². The summed E-state index contributed by atoms with van der Waals surface area (Å²) in [7, 11) is 0. The fourth-order valence-electron chi connectivity index (χ4n) is 3.43. The van der Waals surface area contributed by atoms with Crippen LogP contribution in [0, 0.1) is 5.41 Å². The number of anilines is 2. The van der Waals surface area contributed by atoms with Crippen LogP contribution in [0.25, 0.3) is 21.6 Å². The maximum absolute atomic E-state index is 12.8. The van der Waals surface area contributed by atoms with E-state index in [4.69, 9.17) is 15.7 Å². The summed E-state index contributed by atoms with van der Waals surface area (Å²) >= 11 is 1.50. The lowest BCUT2D eigenvalue weighted by atomic mass is 9.89. The molecule has 3 aromatic heterocycles. The van der Waals surface area contributed by atoms with Gasteiger partial charge in [-0.3, -0.25) is 9.78 Å². The maximum Gasteiger partial charge on any atom is 0.230 e. The topological polar surface area (TPSA) is 106 Å². The number of pyridine rings is 1. The highest BCUT2D eigenvalue weighted by molar-refractivity contribution is 7.18. The normalized spacial score (nSPS) is 12.5. The number of carbonyl (C=O) groups excluding carboxylic acids is 1. The molecule has 0 aliphatic heterocycles. The second-order valence-electron chi connectivity index (χ2n) is 8.98. The quantitative estimate of drug-likeness (QED) is 0.311. The molecule has 176 valence electrons. The Morgan fingerprint density at radius 2 is 1.85 bits per heavy atom. The third-order valence-corrected chi connectivity index (χ3v) is 6.95. The Morgan fingerprint density at radius 1 is 1.12 bits per heavy atom. The number of thiophene rings is 1. The van der Waals surface area contributed by atoms with Crippen LogP contribution in [0.4, 0.5) is 11.5 Å². The number of aromatic nitrogens is 3. The van der Waals surface area contributed by atoms with Crippen LogP contribution in [0.1, 0.15) is 32.8 Å². The molecule has 4 rings (SSSR count). The van der Waals surface area contributed by atoms with Crippen molar-refractivity contribution in [1.82, 2.24) is 15.0 Å². The Kier molecular flexibility index (Phi) is 7.19. The van der Waals surface area contributed by atoms with E-state index in [1.165, 1.54) is 16.9 Å². The van der Waals surface area contributed by atoms with Gasteiger partial charge in [0.1, 0.15) is 11.3 Å².